The highest BCUT2D eigenvalue weighted by Crippen LogP contribution is 2.33. The molecule has 0 spiro atoms. The van der Waals surface area contributed by atoms with Crippen LogP contribution in [0.2, 0.25) is 0 Å². The van der Waals surface area contributed by atoms with E-state index in [1.807, 2.05) is 91.0 Å². The van der Waals surface area contributed by atoms with E-state index in [0.29, 0.717) is 11.4 Å². The van der Waals surface area contributed by atoms with Gasteiger partial charge in [-0.2, -0.15) is 0 Å². The number of amidine groups is 1. The van der Waals surface area contributed by atoms with Gasteiger partial charge in [0, 0.05) is 6.54 Å². The van der Waals surface area contributed by atoms with Gasteiger partial charge in [0.2, 0.25) is 0 Å². The fourth-order valence-electron chi connectivity index (χ4n) is 3.23. The van der Waals surface area contributed by atoms with Gasteiger partial charge in [0.15, 0.2) is 5.17 Å². The van der Waals surface area contributed by atoms with Crippen LogP contribution in [0.1, 0.15) is 16.7 Å². The summed E-state index contributed by atoms with van der Waals surface area (Å²) in [5.41, 5.74) is 4.35. The van der Waals surface area contributed by atoms with Crippen LogP contribution in [0.25, 0.3) is 6.08 Å². The molecular formula is C27H24N2OS. The smallest absolute Gasteiger partial charge is 0.266 e. The lowest BCUT2D eigenvalue weighted by Gasteiger charge is -2.15. The van der Waals surface area contributed by atoms with E-state index in [1.54, 1.807) is 4.90 Å². The number of aliphatic imine (C=N–C) groups is 1. The van der Waals surface area contributed by atoms with E-state index in [2.05, 4.69) is 19.1 Å². The van der Waals surface area contributed by atoms with Crippen LogP contribution in [0.4, 0.5) is 5.69 Å². The fourth-order valence-corrected chi connectivity index (χ4v) is 4.20. The monoisotopic (exact) mass is 424 g/mol. The van der Waals surface area contributed by atoms with Crippen LogP contribution in [-0.4, -0.2) is 22.5 Å². The maximum absolute atomic E-state index is 13.1. The van der Waals surface area contributed by atoms with Crippen LogP contribution >= 0.6 is 11.8 Å². The third-order valence-electron chi connectivity index (χ3n) is 4.95. The number of nitrogens with zero attached hydrogens (tertiary/aromatic N) is 2. The Hall–Kier alpha value is -3.37. The lowest BCUT2D eigenvalue weighted by molar-refractivity contribution is -0.122. The molecule has 1 saturated heterocycles. The number of allylic oxidation sites excluding steroid dienone is 2. The Labute approximate surface area is 187 Å². The summed E-state index contributed by atoms with van der Waals surface area (Å²) in [7, 11) is 0. The second-order valence-corrected chi connectivity index (χ2v) is 8.33. The molecule has 1 aliphatic heterocycles. The molecule has 3 aromatic carbocycles. The van der Waals surface area contributed by atoms with Gasteiger partial charge in [0.05, 0.1) is 10.6 Å². The SMILES string of the molecule is Cc1ccc(N=C2S/C(=C/C=C/c3ccccc3)C(=O)N2CCc2ccccc2)cc1. The highest BCUT2D eigenvalue weighted by Gasteiger charge is 2.32. The molecule has 0 atom stereocenters. The minimum atomic E-state index is 0.00417. The van der Waals surface area contributed by atoms with E-state index in [-0.39, 0.29) is 5.91 Å². The van der Waals surface area contributed by atoms with Gasteiger partial charge in [0.25, 0.3) is 5.91 Å². The third-order valence-corrected chi connectivity index (χ3v) is 5.97. The Morgan fingerprint density at radius 1 is 0.903 bits per heavy atom. The van der Waals surface area contributed by atoms with Gasteiger partial charge in [-0.15, -0.1) is 0 Å². The van der Waals surface area contributed by atoms with Crippen LogP contribution < -0.4 is 0 Å². The topological polar surface area (TPSA) is 32.7 Å². The lowest BCUT2D eigenvalue weighted by Crippen LogP contribution is -2.31. The number of hydrogen-bond acceptors (Lipinski definition) is 3. The normalized spacial score (nSPS) is 16.7. The van der Waals surface area contributed by atoms with Gasteiger partial charge in [-0.25, -0.2) is 4.99 Å². The van der Waals surface area contributed by atoms with Crippen LogP contribution in [0.5, 0.6) is 0 Å². The molecule has 0 aliphatic carbocycles. The Bertz CT molecular complexity index is 1120. The van der Waals surface area contributed by atoms with Crippen molar-refractivity contribution in [1.29, 1.82) is 0 Å². The maximum Gasteiger partial charge on any atom is 0.266 e. The van der Waals surface area contributed by atoms with Crippen LogP contribution in [0.15, 0.2) is 107 Å². The predicted molar refractivity (Wildman–Crippen MR) is 131 cm³/mol. The molecule has 0 radical (unpaired) electrons. The number of carbonyl (C=O) groups is 1. The zero-order valence-electron chi connectivity index (χ0n) is 17.4. The summed E-state index contributed by atoms with van der Waals surface area (Å²) >= 11 is 1.43. The number of hydrogen-bond donors (Lipinski definition) is 0. The van der Waals surface area contributed by atoms with E-state index >= 15 is 0 Å². The molecule has 0 aromatic heterocycles. The second kappa shape index (κ2) is 10.1. The zero-order valence-corrected chi connectivity index (χ0v) is 18.3. The van der Waals surface area contributed by atoms with E-state index < -0.39 is 0 Å². The molecule has 1 fully saturated rings. The molecule has 1 heterocycles. The first-order valence-corrected chi connectivity index (χ1v) is 11.1. The Balaban J connectivity index is 1.57. The summed E-state index contributed by atoms with van der Waals surface area (Å²) in [4.78, 5) is 20.4. The largest absolute Gasteiger partial charge is 0.286 e. The number of benzene rings is 3. The van der Waals surface area contributed by atoms with Crippen molar-refractivity contribution in [1.82, 2.24) is 4.90 Å². The van der Waals surface area contributed by atoms with Crippen molar-refractivity contribution in [2.45, 2.75) is 13.3 Å². The third kappa shape index (κ3) is 5.62. The Morgan fingerprint density at radius 3 is 2.29 bits per heavy atom. The molecule has 1 amide bonds. The molecule has 4 rings (SSSR count). The standard InChI is InChI=1S/C27H24N2OS/c1-21-15-17-24(18-16-21)28-27-29(20-19-23-11-6-3-7-12-23)26(30)25(31-27)14-8-13-22-9-4-2-5-10-22/h2-18H,19-20H2,1H3/b13-8+,25-14+,28-27?. The van der Waals surface area contributed by atoms with Gasteiger partial charge in [-0.05, 0) is 54.4 Å². The van der Waals surface area contributed by atoms with Crippen LogP contribution in [0, 0.1) is 6.92 Å². The van der Waals surface area contributed by atoms with Crippen molar-refractivity contribution in [3.05, 3.63) is 119 Å². The summed E-state index contributed by atoms with van der Waals surface area (Å²) in [6.07, 6.45) is 6.60. The summed E-state index contributed by atoms with van der Waals surface area (Å²) in [6, 6.07) is 28.3. The first-order valence-electron chi connectivity index (χ1n) is 10.3. The van der Waals surface area contributed by atoms with E-state index in [1.165, 1.54) is 22.9 Å². The number of rotatable bonds is 6. The van der Waals surface area contributed by atoms with Gasteiger partial charge < -0.3 is 0 Å². The molecule has 0 bridgehead atoms. The van der Waals surface area contributed by atoms with Crippen molar-refractivity contribution in [3.63, 3.8) is 0 Å². The molecule has 1 aliphatic rings. The molecule has 3 nitrogen and oxygen atoms in total. The molecule has 154 valence electrons. The van der Waals surface area contributed by atoms with Crippen molar-refractivity contribution in [3.8, 4) is 0 Å². The van der Waals surface area contributed by atoms with E-state index in [4.69, 9.17) is 4.99 Å². The predicted octanol–water partition coefficient (Wildman–Crippen LogP) is 6.40. The highest BCUT2D eigenvalue weighted by atomic mass is 32.2. The Kier molecular flexibility index (Phi) is 6.80. The number of thioether (sulfide) groups is 1. The average molecular weight is 425 g/mol. The molecular weight excluding hydrogens is 400 g/mol. The average Bonchev–Trinajstić information content (AvgIpc) is 3.09. The number of aryl methyl sites for hydroxylation is 1. The minimum Gasteiger partial charge on any atom is -0.286 e. The van der Waals surface area contributed by atoms with Gasteiger partial charge >= 0.3 is 0 Å². The lowest BCUT2D eigenvalue weighted by atomic mass is 10.1. The van der Waals surface area contributed by atoms with E-state index in [0.717, 1.165) is 22.8 Å². The van der Waals surface area contributed by atoms with Crippen LogP contribution in [0.3, 0.4) is 0 Å². The summed E-state index contributed by atoms with van der Waals surface area (Å²) in [5.74, 6) is 0.00417. The molecule has 0 N–H and O–H groups in total. The Morgan fingerprint density at radius 2 is 1.58 bits per heavy atom. The van der Waals surface area contributed by atoms with E-state index in [9.17, 15) is 4.79 Å². The van der Waals surface area contributed by atoms with Gasteiger partial charge in [-0.1, -0.05) is 90.5 Å². The quantitative estimate of drug-likeness (QED) is 0.429. The van der Waals surface area contributed by atoms with Crippen molar-refractivity contribution in [2.24, 2.45) is 4.99 Å². The molecule has 31 heavy (non-hydrogen) atoms. The van der Waals surface area contributed by atoms with Crippen LogP contribution in [-0.2, 0) is 11.2 Å². The zero-order chi connectivity index (χ0) is 21.5. The fraction of sp³-hybridized carbons (Fsp3) is 0.111. The number of amides is 1. The second-order valence-electron chi connectivity index (χ2n) is 7.33. The summed E-state index contributed by atoms with van der Waals surface area (Å²) in [5, 5.41) is 0.726. The molecule has 3 aromatic rings. The van der Waals surface area contributed by atoms with Gasteiger partial charge in [0.1, 0.15) is 0 Å². The van der Waals surface area contributed by atoms with Gasteiger partial charge in [-0.3, -0.25) is 9.69 Å². The first kappa shape index (κ1) is 20.9. The van der Waals surface area contributed by atoms with Crippen molar-refractivity contribution >= 4 is 34.6 Å². The van der Waals surface area contributed by atoms with Crippen molar-refractivity contribution in [2.75, 3.05) is 6.54 Å². The number of carbonyl (C=O) groups excluding carboxylic acids is 1. The molecule has 4 heteroatoms. The first-order chi connectivity index (χ1) is 15.2. The molecule has 0 unspecified atom stereocenters. The summed E-state index contributed by atoms with van der Waals surface area (Å²) in [6.45, 7) is 2.65. The maximum atomic E-state index is 13.1. The highest BCUT2D eigenvalue weighted by molar-refractivity contribution is 8.18. The molecule has 0 saturated carbocycles. The summed E-state index contributed by atoms with van der Waals surface area (Å²) < 4.78 is 0. The minimum absolute atomic E-state index is 0.00417. The van der Waals surface area contributed by atoms with Crippen molar-refractivity contribution < 1.29 is 4.79 Å².